The van der Waals surface area contributed by atoms with Crippen LogP contribution < -0.4 is 15.2 Å². The summed E-state index contributed by atoms with van der Waals surface area (Å²) in [6.07, 6.45) is 2.96. The van der Waals surface area contributed by atoms with Crippen LogP contribution in [-0.2, 0) is 6.42 Å². The molecule has 0 aliphatic carbocycles. The van der Waals surface area contributed by atoms with Crippen molar-refractivity contribution in [3.05, 3.63) is 59.8 Å². The summed E-state index contributed by atoms with van der Waals surface area (Å²) in [5.41, 5.74) is 9.68. The maximum absolute atomic E-state index is 6.08. The lowest BCUT2D eigenvalue weighted by Crippen LogP contribution is -2.14. The third-order valence-electron chi connectivity index (χ3n) is 4.36. The molecule has 3 N–H and O–H groups in total. The van der Waals surface area contributed by atoms with E-state index in [4.69, 9.17) is 15.2 Å². The van der Waals surface area contributed by atoms with Gasteiger partial charge in [-0.1, -0.05) is 12.1 Å². The minimum Gasteiger partial charge on any atom is -0.497 e. The Bertz CT molecular complexity index is 793. The molecule has 3 rings (SSSR count). The second kappa shape index (κ2) is 7.41. The average molecular weight is 324 g/mol. The van der Waals surface area contributed by atoms with Crippen LogP contribution in [-0.4, -0.2) is 25.2 Å². The fourth-order valence-electron chi connectivity index (χ4n) is 3.08. The van der Waals surface area contributed by atoms with Gasteiger partial charge in [-0.05, 0) is 61.3 Å². The highest BCUT2D eigenvalue weighted by atomic mass is 16.5. The zero-order valence-electron chi connectivity index (χ0n) is 14.2. The number of hydrogen-bond acceptors (Lipinski definition) is 3. The number of benzene rings is 2. The van der Waals surface area contributed by atoms with Crippen molar-refractivity contribution >= 4 is 10.9 Å². The molecule has 0 spiro atoms. The maximum atomic E-state index is 6.08. The Labute approximate surface area is 142 Å². The largest absolute Gasteiger partial charge is 0.497 e. The lowest BCUT2D eigenvalue weighted by molar-refractivity contribution is 0.340. The molecule has 0 saturated heterocycles. The number of ether oxygens (including phenoxy) is 2. The first-order chi connectivity index (χ1) is 11.7. The Hall–Kier alpha value is -2.46. The average Bonchev–Trinajstić information content (AvgIpc) is 3.04. The van der Waals surface area contributed by atoms with E-state index >= 15 is 0 Å². The summed E-state index contributed by atoms with van der Waals surface area (Å²) < 4.78 is 10.9. The number of nitrogens with two attached hydrogens (primary N) is 1. The molecule has 0 aliphatic heterocycles. The van der Waals surface area contributed by atoms with E-state index in [1.807, 2.05) is 31.2 Å². The molecule has 126 valence electrons. The van der Waals surface area contributed by atoms with Crippen LogP contribution in [0, 0.1) is 0 Å². The Morgan fingerprint density at radius 3 is 2.50 bits per heavy atom. The lowest BCUT2D eigenvalue weighted by Gasteiger charge is -2.15. The Morgan fingerprint density at radius 1 is 1.08 bits per heavy atom. The van der Waals surface area contributed by atoms with Crippen LogP contribution in [0.5, 0.6) is 11.5 Å². The van der Waals surface area contributed by atoms with Crippen molar-refractivity contribution < 1.29 is 9.47 Å². The number of rotatable bonds is 7. The van der Waals surface area contributed by atoms with E-state index < -0.39 is 0 Å². The van der Waals surface area contributed by atoms with Crippen LogP contribution in [0.15, 0.2) is 48.7 Å². The summed E-state index contributed by atoms with van der Waals surface area (Å²) in [6, 6.07) is 14.3. The lowest BCUT2D eigenvalue weighted by atomic mass is 9.91. The molecule has 24 heavy (non-hydrogen) atoms. The molecular weight excluding hydrogens is 300 g/mol. The Kier molecular flexibility index (Phi) is 5.06. The van der Waals surface area contributed by atoms with Crippen LogP contribution in [0.2, 0.25) is 0 Å². The van der Waals surface area contributed by atoms with Gasteiger partial charge in [-0.3, -0.25) is 0 Å². The third-order valence-corrected chi connectivity index (χ3v) is 4.36. The van der Waals surface area contributed by atoms with Crippen LogP contribution in [0.3, 0.4) is 0 Å². The fraction of sp³-hybridized carbons (Fsp3) is 0.300. The standard InChI is InChI=1S/C20H24N2O2/c1-3-24-16-6-4-14(5-7-16)10-15(12-21)19-13-22-20-9-8-17(23-2)11-18(19)20/h4-9,11,13,15,22H,3,10,12,21H2,1-2H3. The van der Waals surface area contributed by atoms with Gasteiger partial charge in [0, 0.05) is 23.0 Å². The summed E-state index contributed by atoms with van der Waals surface area (Å²) in [4.78, 5) is 3.33. The highest BCUT2D eigenvalue weighted by molar-refractivity contribution is 5.85. The van der Waals surface area contributed by atoms with Gasteiger partial charge in [-0.2, -0.15) is 0 Å². The molecule has 0 fully saturated rings. The van der Waals surface area contributed by atoms with E-state index in [9.17, 15) is 0 Å². The summed E-state index contributed by atoms with van der Waals surface area (Å²) in [7, 11) is 1.69. The quantitative estimate of drug-likeness (QED) is 0.694. The molecule has 0 radical (unpaired) electrons. The molecule has 2 aromatic carbocycles. The minimum absolute atomic E-state index is 0.254. The molecule has 1 unspecified atom stereocenters. The van der Waals surface area contributed by atoms with E-state index in [0.29, 0.717) is 13.2 Å². The maximum Gasteiger partial charge on any atom is 0.119 e. The second-order valence-electron chi connectivity index (χ2n) is 5.87. The Balaban J connectivity index is 1.85. The van der Waals surface area contributed by atoms with E-state index in [-0.39, 0.29) is 5.92 Å². The molecule has 3 aromatic rings. The molecule has 1 atom stereocenters. The van der Waals surface area contributed by atoms with Gasteiger partial charge in [-0.25, -0.2) is 0 Å². The monoisotopic (exact) mass is 324 g/mol. The molecule has 1 heterocycles. The van der Waals surface area contributed by atoms with E-state index in [1.165, 1.54) is 16.5 Å². The number of aromatic amines is 1. The molecule has 0 aliphatic rings. The van der Waals surface area contributed by atoms with Crippen LogP contribution in [0.25, 0.3) is 10.9 Å². The second-order valence-corrected chi connectivity index (χ2v) is 5.87. The van der Waals surface area contributed by atoms with Crippen LogP contribution in [0.4, 0.5) is 0 Å². The highest BCUT2D eigenvalue weighted by Crippen LogP contribution is 2.30. The number of methoxy groups -OCH3 is 1. The van der Waals surface area contributed by atoms with E-state index in [1.54, 1.807) is 7.11 Å². The first-order valence-corrected chi connectivity index (χ1v) is 8.32. The summed E-state index contributed by atoms with van der Waals surface area (Å²) in [5, 5.41) is 1.18. The molecule has 1 aromatic heterocycles. The van der Waals surface area contributed by atoms with Crippen LogP contribution in [0.1, 0.15) is 24.0 Å². The minimum atomic E-state index is 0.254. The number of H-pyrrole nitrogens is 1. The number of aromatic nitrogens is 1. The number of fused-ring (bicyclic) bond motifs is 1. The van der Waals surface area contributed by atoms with Gasteiger partial charge in [0.05, 0.1) is 13.7 Å². The van der Waals surface area contributed by atoms with Crippen molar-refractivity contribution in [3.8, 4) is 11.5 Å². The summed E-state index contributed by atoms with van der Waals surface area (Å²) in [6.45, 7) is 3.27. The van der Waals surface area contributed by atoms with Crippen molar-refractivity contribution in [2.75, 3.05) is 20.3 Å². The first-order valence-electron chi connectivity index (χ1n) is 8.32. The van der Waals surface area contributed by atoms with Gasteiger partial charge in [0.15, 0.2) is 0 Å². The van der Waals surface area contributed by atoms with Gasteiger partial charge in [-0.15, -0.1) is 0 Å². The first kappa shape index (κ1) is 16.4. The Morgan fingerprint density at radius 2 is 1.83 bits per heavy atom. The number of nitrogens with one attached hydrogen (secondary N) is 1. The molecule has 0 bridgehead atoms. The predicted octanol–water partition coefficient (Wildman–Crippen LogP) is 3.86. The van der Waals surface area contributed by atoms with Crippen LogP contribution >= 0.6 is 0 Å². The third kappa shape index (κ3) is 3.39. The summed E-state index contributed by atoms with van der Waals surface area (Å²) in [5.74, 6) is 2.02. The van der Waals surface area contributed by atoms with Gasteiger partial charge in [0.1, 0.15) is 11.5 Å². The van der Waals surface area contributed by atoms with Gasteiger partial charge < -0.3 is 20.2 Å². The highest BCUT2D eigenvalue weighted by Gasteiger charge is 2.16. The van der Waals surface area contributed by atoms with Crippen molar-refractivity contribution in [1.82, 2.24) is 4.98 Å². The predicted molar refractivity (Wildman–Crippen MR) is 98.0 cm³/mol. The van der Waals surface area contributed by atoms with Crippen molar-refractivity contribution in [2.45, 2.75) is 19.3 Å². The van der Waals surface area contributed by atoms with Gasteiger partial charge >= 0.3 is 0 Å². The van der Waals surface area contributed by atoms with E-state index in [0.717, 1.165) is 23.4 Å². The molecule has 0 amide bonds. The van der Waals surface area contributed by atoms with Crippen molar-refractivity contribution in [3.63, 3.8) is 0 Å². The smallest absolute Gasteiger partial charge is 0.119 e. The molecule has 4 heteroatoms. The molecular formula is C20H24N2O2. The topological polar surface area (TPSA) is 60.3 Å². The number of hydrogen-bond donors (Lipinski definition) is 2. The van der Waals surface area contributed by atoms with Gasteiger partial charge in [0.25, 0.3) is 0 Å². The normalized spacial score (nSPS) is 12.3. The zero-order chi connectivity index (χ0) is 16.9. The fourth-order valence-corrected chi connectivity index (χ4v) is 3.08. The van der Waals surface area contributed by atoms with Crippen molar-refractivity contribution in [2.24, 2.45) is 5.73 Å². The SMILES string of the molecule is CCOc1ccc(CC(CN)c2c[nH]c3ccc(OC)cc23)cc1. The van der Waals surface area contributed by atoms with E-state index in [2.05, 4.69) is 29.4 Å². The zero-order valence-corrected chi connectivity index (χ0v) is 14.2. The molecule has 0 saturated carbocycles. The van der Waals surface area contributed by atoms with Gasteiger partial charge in [0.2, 0.25) is 0 Å². The molecule has 4 nitrogen and oxygen atoms in total. The van der Waals surface area contributed by atoms with Crippen molar-refractivity contribution in [1.29, 1.82) is 0 Å². The summed E-state index contributed by atoms with van der Waals surface area (Å²) >= 11 is 0.